The third kappa shape index (κ3) is 3.14. The van der Waals surface area contributed by atoms with Crippen molar-refractivity contribution in [3.63, 3.8) is 0 Å². The lowest BCUT2D eigenvalue weighted by molar-refractivity contribution is 0.415. The van der Waals surface area contributed by atoms with Gasteiger partial charge in [-0.15, -0.1) is 0 Å². The number of benzene rings is 1. The summed E-state index contributed by atoms with van der Waals surface area (Å²) in [6, 6.07) is 6.19. The van der Waals surface area contributed by atoms with Gasteiger partial charge in [0.05, 0.1) is 18.1 Å². The molecule has 1 aromatic heterocycles. The Morgan fingerprint density at radius 1 is 1.20 bits per heavy atom. The van der Waals surface area contributed by atoms with Crippen LogP contribution in [-0.2, 0) is 6.54 Å². The summed E-state index contributed by atoms with van der Waals surface area (Å²) in [7, 11) is 1.70. The zero-order chi connectivity index (χ0) is 14.5. The lowest BCUT2D eigenvalue weighted by Crippen LogP contribution is -2.05. The first-order chi connectivity index (χ1) is 9.67. The topological polar surface area (TPSA) is 27.1 Å². The van der Waals surface area contributed by atoms with Gasteiger partial charge in [0, 0.05) is 18.5 Å². The Hall–Kier alpha value is -1.51. The van der Waals surface area contributed by atoms with Crippen molar-refractivity contribution in [2.45, 2.75) is 58.9 Å². The molecule has 0 aliphatic carbocycles. The number of nitrogens with zero attached hydrogens (tertiary/aromatic N) is 2. The molecule has 3 heteroatoms. The van der Waals surface area contributed by atoms with Crippen LogP contribution in [0.3, 0.4) is 0 Å². The molecular formula is C17H26N2O. The molecule has 0 saturated carbocycles. The summed E-state index contributed by atoms with van der Waals surface area (Å²) in [4.78, 5) is 4.80. The highest BCUT2D eigenvalue weighted by Crippen LogP contribution is 2.25. The van der Waals surface area contributed by atoms with Crippen molar-refractivity contribution in [3.8, 4) is 5.75 Å². The van der Waals surface area contributed by atoms with E-state index in [-0.39, 0.29) is 0 Å². The normalized spacial score (nSPS) is 11.4. The maximum Gasteiger partial charge on any atom is 0.121 e. The minimum absolute atomic E-state index is 0.444. The van der Waals surface area contributed by atoms with E-state index in [9.17, 15) is 0 Å². The van der Waals surface area contributed by atoms with Gasteiger partial charge in [-0.25, -0.2) is 4.98 Å². The van der Waals surface area contributed by atoms with Crippen LogP contribution in [0.25, 0.3) is 11.0 Å². The second kappa shape index (κ2) is 6.78. The molecule has 1 heterocycles. The molecule has 20 heavy (non-hydrogen) atoms. The Morgan fingerprint density at radius 3 is 2.65 bits per heavy atom. The average molecular weight is 274 g/mol. The van der Waals surface area contributed by atoms with Crippen LogP contribution in [0.1, 0.15) is 58.2 Å². The SMILES string of the molecule is CCCCCCn1c(C(C)C)nc2cc(OC)ccc21. The molecule has 0 aliphatic rings. The van der Waals surface area contributed by atoms with Crippen molar-refractivity contribution >= 4 is 11.0 Å². The minimum atomic E-state index is 0.444. The van der Waals surface area contributed by atoms with Crippen molar-refractivity contribution in [2.75, 3.05) is 7.11 Å². The van der Waals surface area contributed by atoms with Gasteiger partial charge in [0.15, 0.2) is 0 Å². The van der Waals surface area contributed by atoms with Crippen LogP contribution in [-0.4, -0.2) is 16.7 Å². The van der Waals surface area contributed by atoms with E-state index in [1.807, 2.05) is 12.1 Å². The average Bonchev–Trinajstić information content (AvgIpc) is 2.81. The predicted octanol–water partition coefficient (Wildman–Crippen LogP) is 4.75. The Balaban J connectivity index is 2.31. The molecule has 110 valence electrons. The first-order valence-electron chi connectivity index (χ1n) is 7.71. The second-order valence-corrected chi connectivity index (χ2v) is 5.69. The number of aromatic nitrogens is 2. The molecule has 0 fully saturated rings. The Bertz CT molecular complexity index is 557. The molecule has 0 bridgehead atoms. The number of hydrogen-bond donors (Lipinski definition) is 0. The van der Waals surface area contributed by atoms with Crippen LogP contribution >= 0.6 is 0 Å². The fraction of sp³-hybridized carbons (Fsp3) is 0.588. The summed E-state index contributed by atoms with van der Waals surface area (Å²) in [5.41, 5.74) is 2.27. The predicted molar refractivity (Wildman–Crippen MR) is 84.5 cm³/mol. The second-order valence-electron chi connectivity index (χ2n) is 5.69. The summed E-state index contributed by atoms with van der Waals surface area (Å²) in [5, 5.41) is 0. The molecule has 0 radical (unpaired) electrons. The summed E-state index contributed by atoms with van der Waals surface area (Å²) < 4.78 is 7.68. The van der Waals surface area contributed by atoms with Gasteiger partial charge in [-0.2, -0.15) is 0 Å². The Morgan fingerprint density at radius 2 is 2.00 bits per heavy atom. The van der Waals surface area contributed by atoms with Crippen molar-refractivity contribution in [1.82, 2.24) is 9.55 Å². The van der Waals surface area contributed by atoms with Crippen LogP contribution in [0.2, 0.25) is 0 Å². The van der Waals surface area contributed by atoms with Crippen LogP contribution in [0.4, 0.5) is 0 Å². The Kier molecular flexibility index (Phi) is 5.05. The van der Waals surface area contributed by atoms with Crippen molar-refractivity contribution in [2.24, 2.45) is 0 Å². The van der Waals surface area contributed by atoms with Gasteiger partial charge in [-0.1, -0.05) is 40.0 Å². The lowest BCUT2D eigenvalue weighted by atomic mass is 10.2. The summed E-state index contributed by atoms with van der Waals surface area (Å²) >= 11 is 0. The third-order valence-electron chi connectivity index (χ3n) is 3.74. The van der Waals surface area contributed by atoms with Gasteiger partial charge >= 0.3 is 0 Å². The number of imidazole rings is 1. The fourth-order valence-corrected chi connectivity index (χ4v) is 2.63. The van der Waals surface area contributed by atoms with Gasteiger partial charge < -0.3 is 9.30 Å². The smallest absolute Gasteiger partial charge is 0.121 e. The number of unbranched alkanes of at least 4 members (excludes halogenated alkanes) is 3. The number of methoxy groups -OCH3 is 1. The highest BCUT2D eigenvalue weighted by Gasteiger charge is 2.13. The van der Waals surface area contributed by atoms with E-state index in [4.69, 9.17) is 9.72 Å². The molecular weight excluding hydrogens is 248 g/mol. The number of fused-ring (bicyclic) bond motifs is 1. The molecule has 0 saturated heterocycles. The summed E-state index contributed by atoms with van der Waals surface area (Å²) in [6.45, 7) is 7.73. The maximum absolute atomic E-state index is 5.30. The molecule has 0 unspecified atom stereocenters. The highest BCUT2D eigenvalue weighted by atomic mass is 16.5. The van der Waals surface area contributed by atoms with E-state index < -0.39 is 0 Å². The molecule has 2 rings (SSSR count). The van der Waals surface area contributed by atoms with Crippen LogP contribution in [0.15, 0.2) is 18.2 Å². The first kappa shape index (κ1) is 14.9. The van der Waals surface area contributed by atoms with Crippen molar-refractivity contribution in [1.29, 1.82) is 0 Å². The van der Waals surface area contributed by atoms with E-state index in [1.54, 1.807) is 7.11 Å². The molecule has 2 aromatic rings. The van der Waals surface area contributed by atoms with Gasteiger partial charge in [-0.3, -0.25) is 0 Å². The fourth-order valence-electron chi connectivity index (χ4n) is 2.63. The number of hydrogen-bond acceptors (Lipinski definition) is 2. The van der Waals surface area contributed by atoms with E-state index in [2.05, 4.69) is 31.4 Å². The molecule has 0 N–H and O–H groups in total. The third-order valence-corrected chi connectivity index (χ3v) is 3.74. The van der Waals surface area contributed by atoms with E-state index in [0.717, 1.165) is 17.8 Å². The Labute approximate surface area is 122 Å². The molecule has 0 aliphatic heterocycles. The van der Waals surface area contributed by atoms with Gasteiger partial charge in [0.25, 0.3) is 0 Å². The van der Waals surface area contributed by atoms with Gasteiger partial charge in [-0.05, 0) is 18.6 Å². The highest BCUT2D eigenvalue weighted by molar-refractivity contribution is 5.78. The number of ether oxygens (including phenoxy) is 1. The lowest BCUT2D eigenvalue weighted by Gasteiger charge is -2.11. The molecule has 3 nitrogen and oxygen atoms in total. The van der Waals surface area contributed by atoms with E-state index in [0.29, 0.717) is 5.92 Å². The van der Waals surface area contributed by atoms with Crippen molar-refractivity contribution in [3.05, 3.63) is 24.0 Å². The molecule has 0 spiro atoms. The van der Waals surface area contributed by atoms with Gasteiger partial charge in [0.2, 0.25) is 0 Å². The molecule has 0 atom stereocenters. The van der Waals surface area contributed by atoms with E-state index >= 15 is 0 Å². The number of aryl methyl sites for hydroxylation is 1. The van der Waals surface area contributed by atoms with E-state index in [1.165, 1.54) is 37.0 Å². The summed E-state index contributed by atoms with van der Waals surface area (Å²) in [5.74, 6) is 2.51. The van der Waals surface area contributed by atoms with Gasteiger partial charge in [0.1, 0.15) is 11.6 Å². The summed E-state index contributed by atoms with van der Waals surface area (Å²) in [6.07, 6.45) is 5.12. The quantitative estimate of drug-likeness (QED) is 0.681. The standard InChI is InChI=1S/C17H26N2O/c1-5-6-7-8-11-19-16-10-9-14(20-4)12-15(16)18-17(19)13(2)3/h9-10,12-13H,5-8,11H2,1-4H3. The van der Waals surface area contributed by atoms with Crippen LogP contribution in [0.5, 0.6) is 5.75 Å². The zero-order valence-corrected chi connectivity index (χ0v) is 13.1. The largest absolute Gasteiger partial charge is 0.497 e. The van der Waals surface area contributed by atoms with Crippen LogP contribution < -0.4 is 4.74 Å². The molecule has 0 amide bonds. The first-order valence-corrected chi connectivity index (χ1v) is 7.71. The number of rotatable bonds is 7. The minimum Gasteiger partial charge on any atom is -0.497 e. The van der Waals surface area contributed by atoms with Crippen LogP contribution in [0, 0.1) is 0 Å². The monoisotopic (exact) mass is 274 g/mol. The zero-order valence-electron chi connectivity index (χ0n) is 13.1. The van der Waals surface area contributed by atoms with Crippen molar-refractivity contribution < 1.29 is 4.74 Å². The molecule has 1 aromatic carbocycles. The maximum atomic E-state index is 5.30.